The maximum Gasteiger partial charge on any atom is 0.0664 e. The summed E-state index contributed by atoms with van der Waals surface area (Å²) in [7, 11) is 1.70. The van der Waals surface area contributed by atoms with Crippen LogP contribution in [0.1, 0.15) is 12.0 Å². The highest BCUT2D eigenvalue weighted by Crippen LogP contribution is 2.13. The van der Waals surface area contributed by atoms with Gasteiger partial charge in [-0.1, -0.05) is 0 Å². The zero-order valence-electron chi connectivity index (χ0n) is 9.36. The number of methoxy groups -OCH3 is 1. The molecule has 15 heavy (non-hydrogen) atoms. The zero-order chi connectivity index (χ0) is 11.1. The molecule has 1 aromatic heterocycles. The van der Waals surface area contributed by atoms with Crippen molar-refractivity contribution in [2.75, 3.05) is 25.6 Å². The van der Waals surface area contributed by atoms with E-state index in [-0.39, 0.29) is 6.04 Å². The Bertz CT molecular complexity index is 285. The van der Waals surface area contributed by atoms with E-state index in [0.717, 1.165) is 17.7 Å². The van der Waals surface area contributed by atoms with Crippen molar-refractivity contribution in [3.63, 3.8) is 0 Å². The number of hydrogen-bond acceptors (Lipinski definition) is 4. The van der Waals surface area contributed by atoms with Crippen LogP contribution >= 0.6 is 0 Å². The van der Waals surface area contributed by atoms with Crippen molar-refractivity contribution in [1.82, 2.24) is 4.98 Å². The summed E-state index contributed by atoms with van der Waals surface area (Å²) in [5, 5.41) is 3.40. The first-order chi connectivity index (χ1) is 7.27. The molecule has 3 N–H and O–H groups in total. The van der Waals surface area contributed by atoms with Crippen LogP contribution in [0.25, 0.3) is 0 Å². The highest BCUT2D eigenvalue weighted by atomic mass is 16.5. The lowest BCUT2D eigenvalue weighted by Crippen LogP contribution is -2.28. The molecule has 0 radical (unpaired) electrons. The molecule has 0 fully saturated rings. The topological polar surface area (TPSA) is 60.2 Å². The van der Waals surface area contributed by atoms with E-state index in [2.05, 4.69) is 10.3 Å². The number of ether oxygens (including phenoxy) is 1. The first kappa shape index (κ1) is 11.9. The second-order valence-corrected chi connectivity index (χ2v) is 3.56. The Balaban J connectivity index is 2.60. The fourth-order valence-corrected chi connectivity index (χ4v) is 1.45. The summed E-state index contributed by atoms with van der Waals surface area (Å²) < 4.78 is 5.13. The third-order valence-electron chi connectivity index (χ3n) is 2.26. The van der Waals surface area contributed by atoms with E-state index in [1.807, 2.05) is 19.2 Å². The fraction of sp³-hybridized carbons (Fsp3) is 0.545. The van der Waals surface area contributed by atoms with Crippen LogP contribution in [0.15, 0.2) is 18.5 Å². The third kappa shape index (κ3) is 3.85. The highest BCUT2D eigenvalue weighted by molar-refractivity contribution is 5.49. The molecule has 0 saturated heterocycles. The number of nitrogens with two attached hydrogens (primary N) is 1. The number of hydrogen-bond donors (Lipinski definition) is 2. The normalized spacial score (nSPS) is 12.5. The van der Waals surface area contributed by atoms with Gasteiger partial charge in [-0.05, 0) is 31.5 Å². The molecule has 0 aliphatic heterocycles. The summed E-state index contributed by atoms with van der Waals surface area (Å²) in [5.74, 6) is 0. The quantitative estimate of drug-likeness (QED) is 0.738. The lowest BCUT2D eigenvalue weighted by atomic mass is 10.2. The number of rotatable bonds is 6. The van der Waals surface area contributed by atoms with Crippen molar-refractivity contribution < 1.29 is 4.74 Å². The van der Waals surface area contributed by atoms with Crippen LogP contribution in [0.3, 0.4) is 0 Å². The average Bonchev–Trinajstić information content (AvgIpc) is 2.22. The second-order valence-electron chi connectivity index (χ2n) is 3.56. The van der Waals surface area contributed by atoms with Gasteiger partial charge < -0.3 is 15.8 Å². The van der Waals surface area contributed by atoms with Crippen molar-refractivity contribution in [2.24, 2.45) is 5.73 Å². The molecule has 84 valence electrons. The molecule has 0 aliphatic carbocycles. The van der Waals surface area contributed by atoms with Gasteiger partial charge in [-0.3, -0.25) is 4.98 Å². The Hall–Kier alpha value is -1.13. The van der Waals surface area contributed by atoms with Crippen LogP contribution in [0.4, 0.5) is 5.69 Å². The fourth-order valence-electron chi connectivity index (χ4n) is 1.45. The molecule has 1 aromatic rings. The van der Waals surface area contributed by atoms with E-state index < -0.39 is 0 Å². The first-order valence-corrected chi connectivity index (χ1v) is 5.14. The molecule has 0 aromatic carbocycles. The van der Waals surface area contributed by atoms with Crippen LogP contribution in [0.5, 0.6) is 0 Å². The van der Waals surface area contributed by atoms with Crippen molar-refractivity contribution in [3.05, 3.63) is 24.0 Å². The summed E-state index contributed by atoms with van der Waals surface area (Å²) in [6.45, 7) is 3.35. The summed E-state index contributed by atoms with van der Waals surface area (Å²) in [6, 6.07) is 2.23. The van der Waals surface area contributed by atoms with Gasteiger partial charge >= 0.3 is 0 Å². The van der Waals surface area contributed by atoms with Crippen LogP contribution in [0.2, 0.25) is 0 Å². The van der Waals surface area contributed by atoms with Gasteiger partial charge in [-0.2, -0.15) is 0 Å². The van der Waals surface area contributed by atoms with Crippen molar-refractivity contribution in [2.45, 2.75) is 19.4 Å². The van der Waals surface area contributed by atoms with Crippen molar-refractivity contribution >= 4 is 5.69 Å². The Morgan fingerprint density at radius 1 is 1.60 bits per heavy atom. The molecular formula is C11H19N3O. The molecule has 1 heterocycles. The molecule has 0 saturated carbocycles. The van der Waals surface area contributed by atoms with E-state index in [0.29, 0.717) is 13.2 Å². The zero-order valence-corrected chi connectivity index (χ0v) is 9.36. The summed E-state index contributed by atoms with van der Waals surface area (Å²) in [4.78, 5) is 4.05. The molecule has 1 unspecified atom stereocenters. The van der Waals surface area contributed by atoms with Gasteiger partial charge in [0.1, 0.15) is 0 Å². The highest BCUT2D eigenvalue weighted by Gasteiger charge is 2.08. The molecule has 0 bridgehead atoms. The van der Waals surface area contributed by atoms with Crippen LogP contribution in [-0.4, -0.2) is 31.3 Å². The Morgan fingerprint density at radius 2 is 2.40 bits per heavy atom. The Labute approximate surface area is 90.8 Å². The van der Waals surface area contributed by atoms with Gasteiger partial charge in [0.05, 0.1) is 12.6 Å². The van der Waals surface area contributed by atoms with Gasteiger partial charge in [0, 0.05) is 25.2 Å². The lowest BCUT2D eigenvalue weighted by molar-refractivity contribution is 0.183. The van der Waals surface area contributed by atoms with Gasteiger partial charge in [-0.15, -0.1) is 0 Å². The average molecular weight is 209 g/mol. The predicted molar refractivity (Wildman–Crippen MR) is 61.9 cm³/mol. The number of aromatic nitrogens is 1. The van der Waals surface area contributed by atoms with E-state index >= 15 is 0 Å². The van der Waals surface area contributed by atoms with Gasteiger partial charge in [0.2, 0.25) is 0 Å². The second kappa shape index (κ2) is 6.37. The van der Waals surface area contributed by atoms with Gasteiger partial charge in [0.15, 0.2) is 0 Å². The molecule has 1 atom stereocenters. The Morgan fingerprint density at radius 3 is 3.00 bits per heavy atom. The number of pyridine rings is 1. The van der Waals surface area contributed by atoms with E-state index in [1.54, 1.807) is 13.3 Å². The minimum Gasteiger partial charge on any atom is -0.383 e. The molecule has 0 amide bonds. The van der Waals surface area contributed by atoms with Crippen LogP contribution in [-0.2, 0) is 4.74 Å². The SMILES string of the molecule is COCC(CCN)Nc1ccncc1C. The number of anilines is 1. The number of aryl methyl sites for hydroxylation is 1. The van der Waals surface area contributed by atoms with Crippen molar-refractivity contribution in [1.29, 1.82) is 0 Å². The molecule has 0 aliphatic rings. The third-order valence-corrected chi connectivity index (χ3v) is 2.26. The molecule has 1 rings (SSSR count). The maximum absolute atomic E-state index is 5.54. The maximum atomic E-state index is 5.54. The first-order valence-electron chi connectivity index (χ1n) is 5.14. The summed E-state index contributed by atoms with van der Waals surface area (Å²) >= 11 is 0. The minimum absolute atomic E-state index is 0.265. The van der Waals surface area contributed by atoms with Gasteiger partial charge in [0.25, 0.3) is 0 Å². The summed E-state index contributed by atoms with van der Waals surface area (Å²) in [5.41, 5.74) is 7.78. The molecule has 4 heteroatoms. The monoisotopic (exact) mass is 209 g/mol. The number of nitrogens with zero attached hydrogens (tertiary/aromatic N) is 1. The lowest BCUT2D eigenvalue weighted by Gasteiger charge is -2.19. The largest absolute Gasteiger partial charge is 0.383 e. The molecular weight excluding hydrogens is 190 g/mol. The van der Waals surface area contributed by atoms with Gasteiger partial charge in [-0.25, -0.2) is 0 Å². The van der Waals surface area contributed by atoms with Crippen LogP contribution in [0, 0.1) is 6.92 Å². The standard InChI is InChI=1S/C11H19N3O/c1-9-7-13-6-4-11(9)14-10(3-5-12)8-15-2/h4,6-7,10H,3,5,8,12H2,1-2H3,(H,13,14). The Kier molecular flexibility index (Phi) is 5.07. The van der Waals surface area contributed by atoms with E-state index in [9.17, 15) is 0 Å². The van der Waals surface area contributed by atoms with E-state index in [4.69, 9.17) is 10.5 Å². The molecule has 4 nitrogen and oxygen atoms in total. The van der Waals surface area contributed by atoms with Crippen molar-refractivity contribution in [3.8, 4) is 0 Å². The predicted octanol–water partition coefficient (Wildman–Crippen LogP) is 1.17. The molecule has 0 spiro atoms. The van der Waals surface area contributed by atoms with E-state index in [1.165, 1.54) is 0 Å². The minimum atomic E-state index is 0.265. The van der Waals surface area contributed by atoms with Crippen LogP contribution < -0.4 is 11.1 Å². The smallest absolute Gasteiger partial charge is 0.0664 e. The number of nitrogens with one attached hydrogen (secondary N) is 1. The summed E-state index contributed by atoms with van der Waals surface area (Å²) in [6.07, 6.45) is 4.52.